The molecule has 0 fully saturated rings. The minimum atomic E-state index is -1.06. The number of benzene rings is 2. The van der Waals surface area contributed by atoms with Gasteiger partial charge in [-0.1, -0.05) is 35.3 Å². The van der Waals surface area contributed by atoms with Gasteiger partial charge in [-0.2, -0.15) is 0 Å². The summed E-state index contributed by atoms with van der Waals surface area (Å²) in [7, 11) is 0. The predicted molar refractivity (Wildman–Crippen MR) is 76.4 cm³/mol. The molecule has 0 amide bonds. The summed E-state index contributed by atoms with van der Waals surface area (Å²) in [6, 6.07) is 6.18. The third-order valence-electron chi connectivity index (χ3n) is 2.68. The molecule has 3 nitrogen and oxygen atoms in total. The number of hydrogen-bond acceptors (Lipinski definition) is 3. The zero-order chi connectivity index (χ0) is 15.6. The van der Waals surface area contributed by atoms with Crippen molar-refractivity contribution >= 4 is 34.9 Å². The smallest absolute Gasteiger partial charge is 0.338 e. The highest BCUT2D eigenvalue weighted by molar-refractivity contribution is 6.43. The van der Waals surface area contributed by atoms with Crippen molar-refractivity contribution in [1.29, 1.82) is 0 Å². The largest absolute Gasteiger partial charge is 0.457 e. The Morgan fingerprint density at radius 1 is 1.24 bits per heavy atom. The summed E-state index contributed by atoms with van der Waals surface area (Å²) in [5.41, 5.74) is 5.69. The van der Waals surface area contributed by atoms with E-state index < -0.39 is 24.2 Å². The molecule has 2 aromatic carbocycles. The Balaban J connectivity index is 2.14. The van der Waals surface area contributed by atoms with Crippen molar-refractivity contribution in [2.24, 2.45) is 0 Å². The van der Waals surface area contributed by atoms with Crippen LogP contribution in [0.3, 0.4) is 0 Å². The fourth-order valence-electron chi connectivity index (χ4n) is 1.61. The number of anilines is 1. The first kappa shape index (κ1) is 15.5. The Morgan fingerprint density at radius 3 is 2.62 bits per heavy atom. The first-order valence-corrected chi connectivity index (χ1v) is 6.50. The molecular formula is C14H9Cl2F2NO2. The number of esters is 1. The molecule has 2 rings (SSSR count). The van der Waals surface area contributed by atoms with Crippen LogP contribution in [0.2, 0.25) is 10.0 Å². The quantitative estimate of drug-likeness (QED) is 0.677. The molecule has 7 heteroatoms. The van der Waals surface area contributed by atoms with Crippen molar-refractivity contribution in [2.75, 3.05) is 5.73 Å². The second-order valence-corrected chi connectivity index (χ2v) is 4.94. The second kappa shape index (κ2) is 6.28. The number of carbonyl (C=O) groups is 1. The molecule has 0 spiro atoms. The van der Waals surface area contributed by atoms with E-state index in [0.717, 1.165) is 6.07 Å². The molecule has 0 aromatic heterocycles. The highest BCUT2D eigenvalue weighted by Crippen LogP contribution is 2.29. The number of nitrogen functional groups attached to an aromatic ring is 1. The second-order valence-electron chi connectivity index (χ2n) is 4.15. The third-order valence-corrected chi connectivity index (χ3v) is 3.50. The van der Waals surface area contributed by atoms with Crippen molar-refractivity contribution < 1.29 is 18.3 Å². The lowest BCUT2D eigenvalue weighted by Crippen LogP contribution is -2.07. The van der Waals surface area contributed by atoms with Crippen LogP contribution in [0.5, 0.6) is 0 Å². The van der Waals surface area contributed by atoms with Gasteiger partial charge >= 0.3 is 5.97 Å². The van der Waals surface area contributed by atoms with Gasteiger partial charge in [0.1, 0.15) is 6.61 Å². The fourth-order valence-corrected chi connectivity index (χ4v) is 1.95. The molecule has 21 heavy (non-hydrogen) atoms. The van der Waals surface area contributed by atoms with Crippen LogP contribution >= 0.6 is 23.2 Å². The Hall–Kier alpha value is -1.85. The topological polar surface area (TPSA) is 52.3 Å². The lowest BCUT2D eigenvalue weighted by Gasteiger charge is -2.08. The summed E-state index contributed by atoms with van der Waals surface area (Å²) >= 11 is 11.6. The first-order chi connectivity index (χ1) is 9.90. The molecule has 0 bridgehead atoms. The van der Waals surface area contributed by atoms with Crippen LogP contribution in [0.4, 0.5) is 14.5 Å². The van der Waals surface area contributed by atoms with E-state index in [0.29, 0.717) is 0 Å². The Labute approximate surface area is 129 Å². The van der Waals surface area contributed by atoms with Crippen molar-refractivity contribution in [3.8, 4) is 0 Å². The number of rotatable bonds is 3. The minimum absolute atomic E-state index is 0.0683. The molecule has 0 aliphatic rings. The van der Waals surface area contributed by atoms with Gasteiger partial charge in [0.25, 0.3) is 0 Å². The molecule has 2 N–H and O–H groups in total. The van der Waals surface area contributed by atoms with Crippen molar-refractivity contribution in [3.63, 3.8) is 0 Å². The summed E-state index contributed by atoms with van der Waals surface area (Å²) in [6.07, 6.45) is 0. The lowest BCUT2D eigenvalue weighted by atomic mass is 10.2. The van der Waals surface area contributed by atoms with Crippen LogP contribution in [-0.4, -0.2) is 5.97 Å². The van der Waals surface area contributed by atoms with Gasteiger partial charge in [0, 0.05) is 5.56 Å². The Morgan fingerprint density at radius 2 is 1.95 bits per heavy atom. The first-order valence-electron chi connectivity index (χ1n) is 5.74. The Bertz CT molecular complexity index is 684. The molecule has 0 heterocycles. The normalized spacial score (nSPS) is 10.5. The zero-order valence-corrected chi connectivity index (χ0v) is 12.0. The summed E-state index contributed by atoms with van der Waals surface area (Å²) < 4.78 is 31.3. The summed E-state index contributed by atoms with van der Waals surface area (Å²) in [5.74, 6) is -2.84. The highest BCUT2D eigenvalue weighted by atomic mass is 35.5. The van der Waals surface area contributed by atoms with Crippen LogP contribution in [0.25, 0.3) is 0 Å². The fraction of sp³-hybridized carbons (Fsp3) is 0.0714. The monoisotopic (exact) mass is 331 g/mol. The SMILES string of the molecule is Nc1cc(C(=O)OCc2cccc(F)c2F)cc(Cl)c1Cl. The summed E-state index contributed by atoms with van der Waals surface area (Å²) in [4.78, 5) is 11.8. The Kier molecular flexibility index (Phi) is 4.65. The van der Waals surface area contributed by atoms with Crippen molar-refractivity contribution in [2.45, 2.75) is 6.61 Å². The molecule has 0 saturated heterocycles. The lowest BCUT2D eigenvalue weighted by molar-refractivity contribution is 0.0468. The third kappa shape index (κ3) is 3.43. The van der Waals surface area contributed by atoms with Crippen molar-refractivity contribution in [3.05, 3.63) is 63.1 Å². The van der Waals surface area contributed by atoms with E-state index in [2.05, 4.69) is 0 Å². The van der Waals surface area contributed by atoms with Crippen molar-refractivity contribution in [1.82, 2.24) is 0 Å². The molecule has 0 aliphatic carbocycles. The summed E-state index contributed by atoms with van der Waals surface area (Å²) in [6.45, 7) is -0.414. The van der Waals surface area contributed by atoms with Gasteiger partial charge in [-0.05, 0) is 18.2 Å². The maximum Gasteiger partial charge on any atom is 0.338 e. The van der Waals surface area contributed by atoms with Gasteiger partial charge in [-0.15, -0.1) is 0 Å². The average Bonchev–Trinajstić information content (AvgIpc) is 2.45. The molecule has 0 aliphatic heterocycles. The van der Waals surface area contributed by atoms with Gasteiger partial charge in [-0.25, -0.2) is 13.6 Å². The van der Waals surface area contributed by atoms with Gasteiger partial charge in [0.05, 0.1) is 21.3 Å². The number of halogens is 4. The van der Waals surface area contributed by atoms with E-state index in [9.17, 15) is 13.6 Å². The van der Waals surface area contributed by atoms with Gasteiger partial charge < -0.3 is 10.5 Å². The molecule has 0 saturated carbocycles. The maximum absolute atomic E-state index is 13.4. The molecule has 2 aromatic rings. The van der Waals surface area contributed by atoms with E-state index in [1.165, 1.54) is 24.3 Å². The van der Waals surface area contributed by atoms with E-state index in [-0.39, 0.29) is 26.9 Å². The molecule has 0 atom stereocenters. The average molecular weight is 332 g/mol. The van der Waals surface area contributed by atoms with Crippen LogP contribution < -0.4 is 5.73 Å². The van der Waals surface area contributed by atoms with E-state index >= 15 is 0 Å². The van der Waals surface area contributed by atoms with E-state index in [1.54, 1.807) is 0 Å². The summed E-state index contributed by atoms with van der Waals surface area (Å²) in [5, 5.41) is 0.227. The number of carbonyl (C=O) groups excluding carboxylic acids is 1. The van der Waals surface area contributed by atoms with Crippen LogP contribution in [0.1, 0.15) is 15.9 Å². The molecular weight excluding hydrogens is 323 g/mol. The maximum atomic E-state index is 13.4. The van der Waals surface area contributed by atoms with E-state index in [1.807, 2.05) is 0 Å². The molecule has 0 radical (unpaired) electrons. The number of nitrogens with two attached hydrogens (primary N) is 1. The van der Waals surface area contributed by atoms with Gasteiger partial charge in [0.15, 0.2) is 11.6 Å². The number of ether oxygens (including phenoxy) is 1. The van der Waals surface area contributed by atoms with E-state index in [4.69, 9.17) is 33.7 Å². The van der Waals surface area contributed by atoms with Crippen LogP contribution in [0.15, 0.2) is 30.3 Å². The van der Waals surface area contributed by atoms with Crippen LogP contribution in [-0.2, 0) is 11.3 Å². The minimum Gasteiger partial charge on any atom is -0.457 e. The standard InChI is InChI=1S/C14H9Cl2F2NO2/c15-9-4-8(5-11(19)12(9)16)14(20)21-6-7-2-1-3-10(17)13(7)18/h1-5H,6,19H2. The van der Waals surface area contributed by atoms with Gasteiger partial charge in [-0.3, -0.25) is 0 Å². The van der Waals surface area contributed by atoms with Crippen LogP contribution in [0, 0.1) is 11.6 Å². The molecule has 110 valence electrons. The predicted octanol–water partition coefficient (Wildman–Crippen LogP) is 4.21. The highest BCUT2D eigenvalue weighted by Gasteiger charge is 2.14. The van der Waals surface area contributed by atoms with Gasteiger partial charge in [0.2, 0.25) is 0 Å². The zero-order valence-electron chi connectivity index (χ0n) is 10.5. The molecule has 0 unspecified atom stereocenters. The number of hydrogen-bond donors (Lipinski definition) is 1.